The molecule has 1 amide bonds. The van der Waals surface area contributed by atoms with E-state index >= 15 is 0 Å². The van der Waals surface area contributed by atoms with Crippen LogP contribution in [0.1, 0.15) is 17.3 Å². The molecule has 96 valence electrons. The Bertz CT molecular complexity index is 619. The monoisotopic (exact) mass is 266 g/mol. The lowest BCUT2D eigenvalue weighted by Gasteiger charge is -2.09. The summed E-state index contributed by atoms with van der Waals surface area (Å²) in [4.78, 5) is 28.5. The van der Waals surface area contributed by atoms with Crippen LogP contribution in [-0.4, -0.2) is 28.4 Å². The quantitative estimate of drug-likeness (QED) is 0.820. The van der Waals surface area contributed by atoms with Crippen molar-refractivity contribution >= 4 is 22.2 Å². The summed E-state index contributed by atoms with van der Waals surface area (Å²) >= 11 is 1.35. The minimum Gasteiger partial charge on any atom is -0.351 e. The Morgan fingerprint density at radius 1 is 1.67 bits per heavy atom. The fourth-order valence-electron chi connectivity index (χ4n) is 1.43. The van der Waals surface area contributed by atoms with Gasteiger partial charge in [0.1, 0.15) is 5.56 Å². The summed E-state index contributed by atoms with van der Waals surface area (Å²) in [5, 5.41) is 4.43. The first-order valence-corrected chi connectivity index (χ1v) is 6.44. The van der Waals surface area contributed by atoms with Crippen LogP contribution < -0.4 is 16.6 Å². The van der Waals surface area contributed by atoms with E-state index in [2.05, 4.69) is 10.3 Å². The minimum absolute atomic E-state index is 0.0510. The fourth-order valence-corrected chi connectivity index (χ4v) is 2.10. The third kappa shape index (κ3) is 2.41. The number of fused-ring (bicyclic) bond motifs is 1. The third-order valence-electron chi connectivity index (χ3n) is 2.60. The van der Waals surface area contributed by atoms with Crippen molar-refractivity contribution < 1.29 is 4.79 Å². The number of hydrogen-bond donors (Lipinski definition) is 2. The molecular formula is C11H14N4O2S. The van der Waals surface area contributed by atoms with E-state index in [1.54, 1.807) is 11.6 Å². The minimum atomic E-state index is -0.409. The molecule has 7 heteroatoms. The number of amides is 1. The molecule has 0 saturated carbocycles. The number of hydrogen-bond acceptors (Lipinski definition) is 5. The van der Waals surface area contributed by atoms with Crippen molar-refractivity contribution in [1.82, 2.24) is 14.7 Å². The van der Waals surface area contributed by atoms with Crippen molar-refractivity contribution in [3.05, 3.63) is 33.7 Å². The summed E-state index contributed by atoms with van der Waals surface area (Å²) in [7, 11) is 0. The second kappa shape index (κ2) is 5.28. The Hall–Kier alpha value is -1.73. The number of carbonyl (C=O) groups excluding carboxylic acids is 1. The summed E-state index contributed by atoms with van der Waals surface area (Å²) in [6, 6.07) is 0. The van der Waals surface area contributed by atoms with Crippen molar-refractivity contribution in [3.63, 3.8) is 0 Å². The molecule has 1 unspecified atom stereocenters. The van der Waals surface area contributed by atoms with Crippen LogP contribution in [0.3, 0.4) is 0 Å². The van der Waals surface area contributed by atoms with Gasteiger partial charge in [0, 0.05) is 24.3 Å². The van der Waals surface area contributed by atoms with E-state index < -0.39 is 5.91 Å². The highest BCUT2D eigenvalue weighted by molar-refractivity contribution is 7.15. The molecule has 0 fully saturated rings. The highest BCUT2D eigenvalue weighted by atomic mass is 32.1. The summed E-state index contributed by atoms with van der Waals surface area (Å²) in [6.45, 7) is 2.86. The Labute approximate surface area is 107 Å². The Balaban J connectivity index is 2.23. The lowest BCUT2D eigenvalue weighted by molar-refractivity contribution is 0.0946. The zero-order valence-corrected chi connectivity index (χ0v) is 10.7. The van der Waals surface area contributed by atoms with Crippen LogP contribution in [0.25, 0.3) is 4.96 Å². The Morgan fingerprint density at radius 2 is 2.44 bits per heavy atom. The van der Waals surface area contributed by atoms with Gasteiger partial charge in [0.05, 0.1) is 0 Å². The number of aromatic nitrogens is 2. The highest BCUT2D eigenvalue weighted by Crippen LogP contribution is 2.05. The number of thiazole rings is 1. The van der Waals surface area contributed by atoms with Gasteiger partial charge in [-0.2, -0.15) is 0 Å². The Morgan fingerprint density at radius 3 is 3.17 bits per heavy atom. The maximum atomic E-state index is 12.0. The standard InChI is InChI=1S/C11H14N4O2S/c1-7(4-12)5-13-9(16)8-6-14-11-15(10(8)17)2-3-18-11/h2-3,6-7H,4-5,12H2,1H3,(H,13,16). The second-order valence-electron chi connectivity index (χ2n) is 4.08. The molecule has 0 bridgehead atoms. The smallest absolute Gasteiger partial charge is 0.271 e. The van der Waals surface area contributed by atoms with E-state index in [9.17, 15) is 9.59 Å². The molecule has 18 heavy (non-hydrogen) atoms. The van der Waals surface area contributed by atoms with E-state index in [1.165, 1.54) is 21.9 Å². The number of rotatable bonds is 4. The molecule has 1 atom stereocenters. The van der Waals surface area contributed by atoms with Crippen LogP contribution in [0, 0.1) is 5.92 Å². The molecule has 0 aliphatic heterocycles. The number of nitrogens with one attached hydrogen (secondary N) is 1. The zero-order valence-electron chi connectivity index (χ0n) is 9.92. The van der Waals surface area contributed by atoms with Crippen LogP contribution in [-0.2, 0) is 0 Å². The van der Waals surface area contributed by atoms with Gasteiger partial charge in [0.25, 0.3) is 11.5 Å². The van der Waals surface area contributed by atoms with Crippen LogP contribution in [0.2, 0.25) is 0 Å². The number of carbonyl (C=O) groups is 1. The van der Waals surface area contributed by atoms with E-state index in [0.717, 1.165) is 0 Å². The second-order valence-corrected chi connectivity index (χ2v) is 4.96. The fraction of sp³-hybridized carbons (Fsp3) is 0.364. The maximum absolute atomic E-state index is 12.0. The first-order valence-electron chi connectivity index (χ1n) is 5.56. The normalized spacial score (nSPS) is 12.6. The average molecular weight is 266 g/mol. The number of nitrogens with zero attached hydrogens (tertiary/aromatic N) is 2. The van der Waals surface area contributed by atoms with Gasteiger partial charge in [-0.3, -0.25) is 14.0 Å². The lowest BCUT2D eigenvalue weighted by Crippen LogP contribution is -2.35. The van der Waals surface area contributed by atoms with Crippen molar-refractivity contribution in [2.75, 3.05) is 13.1 Å². The van der Waals surface area contributed by atoms with Gasteiger partial charge >= 0.3 is 0 Å². The highest BCUT2D eigenvalue weighted by Gasteiger charge is 2.13. The Kier molecular flexibility index (Phi) is 3.73. The number of nitrogens with two attached hydrogens (primary N) is 1. The first kappa shape index (κ1) is 12.7. The van der Waals surface area contributed by atoms with Crippen LogP contribution >= 0.6 is 11.3 Å². The van der Waals surface area contributed by atoms with Gasteiger partial charge in [-0.05, 0) is 12.5 Å². The molecular weight excluding hydrogens is 252 g/mol. The third-order valence-corrected chi connectivity index (χ3v) is 3.37. The molecule has 0 spiro atoms. The molecule has 2 aromatic rings. The summed E-state index contributed by atoms with van der Waals surface area (Å²) in [5.74, 6) is -0.233. The van der Waals surface area contributed by atoms with Gasteiger partial charge < -0.3 is 11.1 Å². The van der Waals surface area contributed by atoms with E-state index in [0.29, 0.717) is 18.1 Å². The first-order chi connectivity index (χ1) is 8.63. The zero-order chi connectivity index (χ0) is 13.1. The molecule has 2 rings (SSSR count). The van der Waals surface area contributed by atoms with Gasteiger partial charge in [0.2, 0.25) is 0 Å². The summed E-state index contributed by atoms with van der Waals surface area (Å²) < 4.78 is 1.37. The molecule has 0 aliphatic rings. The summed E-state index contributed by atoms with van der Waals surface area (Å²) in [5.41, 5.74) is 5.16. The van der Waals surface area contributed by atoms with Crippen LogP contribution in [0.4, 0.5) is 0 Å². The lowest BCUT2D eigenvalue weighted by atomic mass is 10.2. The molecule has 6 nitrogen and oxygen atoms in total. The largest absolute Gasteiger partial charge is 0.351 e. The maximum Gasteiger partial charge on any atom is 0.271 e. The molecule has 0 radical (unpaired) electrons. The SMILES string of the molecule is CC(CN)CNC(=O)c1cnc2sccn2c1=O. The molecule has 0 aromatic carbocycles. The van der Waals surface area contributed by atoms with Crippen molar-refractivity contribution in [2.45, 2.75) is 6.92 Å². The van der Waals surface area contributed by atoms with Crippen molar-refractivity contribution in [3.8, 4) is 0 Å². The van der Waals surface area contributed by atoms with Gasteiger partial charge in [-0.25, -0.2) is 4.98 Å². The van der Waals surface area contributed by atoms with Gasteiger partial charge in [-0.15, -0.1) is 11.3 Å². The average Bonchev–Trinajstić information content (AvgIpc) is 2.85. The van der Waals surface area contributed by atoms with E-state index in [-0.39, 0.29) is 17.0 Å². The summed E-state index contributed by atoms with van der Waals surface area (Å²) in [6.07, 6.45) is 2.92. The van der Waals surface area contributed by atoms with Crippen molar-refractivity contribution in [2.24, 2.45) is 11.7 Å². The van der Waals surface area contributed by atoms with Crippen molar-refractivity contribution in [1.29, 1.82) is 0 Å². The molecule has 2 aromatic heterocycles. The van der Waals surface area contributed by atoms with E-state index in [4.69, 9.17) is 5.73 Å². The van der Waals surface area contributed by atoms with Gasteiger partial charge in [-0.1, -0.05) is 6.92 Å². The molecule has 3 N–H and O–H groups in total. The topological polar surface area (TPSA) is 89.5 Å². The van der Waals surface area contributed by atoms with Crippen LogP contribution in [0.15, 0.2) is 22.6 Å². The van der Waals surface area contributed by atoms with E-state index in [1.807, 2.05) is 6.92 Å². The van der Waals surface area contributed by atoms with Gasteiger partial charge in [0.15, 0.2) is 4.96 Å². The molecule has 0 saturated heterocycles. The molecule has 2 heterocycles. The predicted octanol–water partition coefficient (Wildman–Crippen LogP) is 0.0806. The van der Waals surface area contributed by atoms with Crippen LogP contribution in [0.5, 0.6) is 0 Å². The molecule has 0 aliphatic carbocycles. The predicted molar refractivity (Wildman–Crippen MR) is 69.9 cm³/mol.